The van der Waals surface area contributed by atoms with Gasteiger partial charge in [-0.25, -0.2) is 0 Å². The van der Waals surface area contributed by atoms with Crippen LogP contribution in [0.2, 0.25) is 0 Å². The number of hydrogen-bond donors (Lipinski definition) is 2. The highest BCUT2D eigenvalue weighted by Crippen LogP contribution is 2.28. The van der Waals surface area contributed by atoms with Gasteiger partial charge in [0, 0.05) is 25.1 Å². The zero-order valence-corrected chi connectivity index (χ0v) is 11.2. The summed E-state index contributed by atoms with van der Waals surface area (Å²) in [6, 6.07) is 1.91. The Kier molecular flexibility index (Phi) is 2.73. The first-order valence-corrected chi connectivity index (χ1v) is 6.90. The number of H-pyrrole nitrogens is 2. The summed E-state index contributed by atoms with van der Waals surface area (Å²) < 4.78 is 4.90. The fourth-order valence-electron chi connectivity index (χ4n) is 2.80. The van der Waals surface area contributed by atoms with Gasteiger partial charge in [-0.1, -0.05) is 5.16 Å². The Balaban J connectivity index is 1.56. The molecule has 0 saturated carbocycles. The lowest BCUT2D eigenvalue weighted by Crippen LogP contribution is -2.35. The molecule has 1 saturated heterocycles. The number of rotatable bonds is 2. The molecule has 0 radical (unpaired) electrons. The summed E-state index contributed by atoms with van der Waals surface area (Å²) in [5.74, 6) is 0.998. The van der Waals surface area contributed by atoms with Crippen LogP contribution in [0, 0.1) is 0 Å². The Labute approximate surface area is 119 Å². The topological polar surface area (TPSA) is 104 Å². The fraction of sp³-hybridized carbons (Fsp3) is 0.385. The molecule has 1 fully saturated rings. The molecule has 4 rings (SSSR count). The first-order chi connectivity index (χ1) is 10.3. The lowest BCUT2D eigenvalue weighted by Gasteiger charge is -2.31. The van der Waals surface area contributed by atoms with Crippen molar-refractivity contribution >= 4 is 17.0 Å². The molecule has 108 valence electrons. The number of hydrogen-bond acceptors (Lipinski definition) is 6. The minimum atomic E-state index is -0.164. The standard InChI is InChI=1S/C13H14N6O2/c20-12-9-7-14-17-11(9)15-13(16-12)19-4-1-8(2-5-19)10-3-6-21-18-10/h3,6-8H,1-2,4-5H2,(H2,14,15,16,17,20). The van der Waals surface area contributed by atoms with Crippen LogP contribution in [0.5, 0.6) is 0 Å². The predicted molar refractivity (Wildman–Crippen MR) is 75.2 cm³/mol. The molecule has 0 aromatic carbocycles. The van der Waals surface area contributed by atoms with Crippen molar-refractivity contribution in [3.8, 4) is 0 Å². The fourth-order valence-corrected chi connectivity index (χ4v) is 2.80. The molecule has 8 nitrogen and oxygen atoms in total. The van der Waals surface area contributed by atoms with Crippen LogP contribution in [0.4, 0.5) is 5.95 Å². The second-order valence-corrected chi connectivity index (χ2v) is 5.21. The summed E-state index contributed by atoms with van der Waals surface area (Å²) in [7, 11) is 0. The Bertz CT molecular complexity index is 798. The third-order valence-corrected chi connectivity index (χ3v) is 3.98. The van der Waals surface area contributed by atoms with Crippen molar-refractivity contribution in [3.63, 3.8) is 0 Å². The van der Waals surface area contributed by atoms with Gasteiger partial charge in [-0.05, 0) is 12.8 Å². The minimum Gasteiger partial charge on any atom is -0.365 e. The van der Waals surface area contributed by atoms with E-state index in [2.05, 4.69) is 30.2 Å². The van der Waals surface area contributed by atoms with Crippen LogP contribution < -0.4 is 10.5 Å². The highest BCUT2D eigenvalue weighted by atomic mass is 16.5. The quantitative estimate of drug-likeness (QED) is 0.729. The number of anilines is 1. The molecule has 21 heavy (non-hydrogen) atoms. The van der Waals surface area contributed by atoms with E-state index >= 15 is 0 Å². The number of piperidine rings is 1. The Morgan fingerprint density at radius 2 is 2.19 bits per heavy atom. The van der Waals surface area contributed by atoms with Crippen molar-refractivity contribution in [2.45, 2.75) is 18.8 Å². The maximum absolute atomic E-state index is 11.9. The van der Waals surface area contributed by atoms with Gasteiger partial charge in [-0.3, -0.25) is 14.9 Å². The highest BCUT2D eigenvalue weighted by Gasteiger charge is 2.24. The lowest BCUT2D eigenvalue weighted by molar-refractivity contribution is 0.392. The molecule has 0 amide bonds. The maximum Gasteiger partial charge on any atom is 0.263 e. The summed E-state index contributed by atoms with van der Waals surface area (Å²) >= 11 is 0. The van der Waals surface area contributed by atoms with Crippen LogP contribution in [0.1, 0.15) is 24.5 Å². The van der Waals surface area contributed by atoms with E-state index in [0.717, 1.165) is 31.6 Å². The van der Waals surface area contributed by atoms with Crippen molar-refractivity contribution in [1.29, 1.82) is 0 Å². The Morgan fingerprint density at radius 1 is 1.33 bits per heavy atom. The van der Waals surface area contributed by atoms with Crippen molar-refractivity contribution < 1.29 is 4.52 Å². The van der Waals surface area contributed by atoms with E-state index in [1.54, 1.807) is 6.26 Å². The smallest absolute Gasteiger partial charge is 0.263 e. The van der Waals surface area contributed by atoms with Crippen molar-refractivity contribution in [3.05, 3.63) is 34.6 Å². The van der Waals surface area contributed by atoms with Crippen LogP contribution in [0.15, 0.2) is 27.8 Å². The van der Waals surface area contributed by atoms with E-state index in [-0.39, 0.29) is 5.56 Å². The van der Waals surface area contributed by atoms with Crippen molar-refractivity contribution in [1.82, 2.24) is 25.3 Å². The van der Waals surface area contributed by atoms with E-state index in [0.29, 0.717) is 22.9 Å². The van der Waals surface area contributed by atoms with Gasteiger partial charge in [0.2, 0.25) is 5.95 Å². The van der Waals surface area contributed by atoms with Crippen LogP contribution in [0.25, 0.3) is 11.0 Å². The van der Waals surface area contributed by atoms with E-state index in [4.69, 9.17) is 4.52 Å². The number of nitrogens with zero attached hydrogens (tertiary/aromatic N) is 4. The number of nitrogens with one attached hydrogen (secondary N) is 2. The molecule has 1 aliphatic rings. The highest BCUT2D eigenvalue weighted by molar-refractivity contribution is 5.73. The van der Waals surface area contributed by atoms with Gasteiger partial charge in [0.25, 0.3) is 5.56 Å². The molecule has 0 bridgehead atoms. The first-order valence-electron chi connectivity index (χ1n) is 6.90. The van der Waals surface area contributed by atoms with Gasteiger partial charge in [0.1, 0.15) is 11.6 Å². The molecule has 3 aromatic rings. The summed E-state index contributed by atoms with van der Waals surface area (Å²) in [5, 5.41) is 11.1. The summed E-state index contributed by atoms with van der Waals surface area (Å²) in [6.45, 7) is 1.64. The normalized spacial score (nSPS) is 16.7. The zero-order chi connectivity index (χ0) is 14.2. The number of fused-ring (bicyclic) bond motifs is 1. The van der Waals surface area contributed by atoms with Gasteiger partial charge >= 0.3 is 0 Å². The molecule has 0 spiro atoms. The van der Waals surface area contributed by atoms with Gasteiger partial charge in [-0.15, -0.1) is 0 Å². The molecule has 8 heteroatoms. The van der Waals surface area contributed by atoms with Crippen LogP contribution in [-0.2, 0) is 0 Å². The molecular formula is C13H14N6O2. The molecular weight excluding hydrogens is 272 g/mol. The number of aromatic amines is 2. The van der Waals surface area contributed by atoms with E-state index in [1.165, 1.54) is 6.20 Å². The van der Waals surface area contributed by atoms with Gasteiger partial charge in [-0.2, -0.15) is 10.1 Å². The lowest BCUT2D eigenvalue weighted by atomic mass is 9.94. The van der Waals surface area contributed by atoms with E-state index < -0.39 is 0 Å². The van der Waals surface area contributed by atoms with Gasteiger partial charge in [0.05, 0.1) is 11.9 Å². The maximum atomic E-state index is 11.9. The first kappa shape index (κ1) is 12.1. The average molecular weight is 286 g/mol. The third-order valence-electron chi connectivity index (χ3n) is 3.98. The second-order valence-electron chi connectivity index (χ2n) is 5.21. The summed E-state index contributed by atoms with van der Waals surface area (Å²) in [6.07, 6.45) is 5.00. The van der Waals surface area contributed by atoms with Crippen LogP contribution in [0.3, 0.4) is 0 Å². The van der Waals surface area contributed by atoms with E-state index in [1.807, 2.05) is 6.07 Å². The Hall–Kier alpha value is -2.64. The third kappa shape index (κ3) is 2.08. The van der Waals surface area contributed by atoms with Crippen LogP contribution in [-0.4, -0.2) is 38.4 Å². The zero-order valence-electron chi connectivity index (χ0n) is 11.2. The summed E-state index contributed by atoms with van der Waals surface area (Å²) in [4.78, 5) is 21.3. The predicted octanol–water partition coefficient (Wildman–Crippen LogP) is 1.02. The second kappa shape index (κ2) is 4.72. The molecule has 4 heterocycles. The number of aromatic nitrogens is 5. The molecule has 0 atom stereocenters. The minimum absolute atomic E-state index is 0.164. The SMILES string of the molecule is O=c1[nH]c(N2CCC(c3ccon3)CC2)nc2[nH]ncc12. The average Bonchev–Trinajstić information content (AvgIpc) is 3.19. The Morgan fingerprint density at radius 3 is 2.95 bits per heavy atom. The largest absolute Gasteiger partial charge is 0.365 e. The van der Waals surface area contributed by atoms with Gasteiger partial charge in [0.15, 0.2) is 5.65 Å². The van der Waals surface area contributed by atoms with Crippen LogP contribution >= 0.6 is 0 Å². The van der Waals surface area contributed by atoms with Crippen molar-refractivity contribution in [2.75, 3.05) is 18.0 Å². The molecule has 0 aliphatic carbocycles. The molecule has 1 aliphatic heterocycles. The van der Waals surface area contributed by atoms with E-state index in [9.17, 15) is 4.79 Å². The molecule has 0 unspecified atom stereocenters. The monoisotopic (exact) mass is 286 g/mol. The van der Waals surface area contributed by atoms with Gasteiger partial charge < -0.3 is 9.42 Å². The summed E-state index contributed by atoms with van der Waals surface area (Å²) in [5.41, 5.74) is 1.36. The van der Waals surface area contributed by atoms with Crippen molar-refractivity contribution in [2.24, 2.45) is 0 Å². The molecule has 2 N–H and O–H groups in total. The molecule has 3 aromatic heterocycles.